The van der Waals surface area contributed by atoms with Crippen molar-refractivity contribution in [2.24, 2.45) is 5.92 Å². The highest BCUT2D eigenvalue weighted by molar-refractivity contribution is 6.00. The van der Waals surface area contributed by atoms with E-state index in [-0.39, 0.29) is 17.7 Å². The summed E-state index contributed by atoms with van der Waals surface area (Å²) in [5.41, 5.74) is 2.61. The van der Waals surface area contributed by atoms with Crippen LogP contribution in [0, 0.1) is 19.8 Å². The van der Waals surface area contributed by atoms with E-state index >= 15 is 0 Å². The fraction of sp³-hybridized carbons (Fsp3) is 0.513. The molecule has 0 aliphatic rings. The number of carbonyl (C=O) groups excluding carboxylic acids is 3. The lowest BCUT2D eigenvalue weighted by Crippen LogP contribution is -2.55. The van der Waals surface area contributed by atoms with Crippen LogP contribution in [0.3, 0.4) is 0 Å². The minimum atomic E-state index is -0.900. The summed E-state index contributed by atoms with van der Waals surface area (Å²) in [4.78, 5) is 44.0. The van der Waals surface area contributed by atoms with Gasteiger partial charge in [-0.1, -0.05) is 108 Å². The van der Waals surface area contributed by atoms with Gasteiger partial charge in [0, 0.05) is 12.2 Å². The molecule has 0 aliphatic heterocycles. The molecule has 46 heavy (non-hydrogen) atoms. The van der Waals surface area contributed by atoms with Crippen molar-refractivity contribution < 1.29 is 19.1 Å². The van der Waals surface area contributed by atoms with Gasteiger partial charge in [0.15, 0.2) is 0 Å². The predicted molar refractivity (Wildman–Crippen MR) is 189 cm³/mol. The average Bonchev–Trinajstić information content (AvgIpc) is 3.00. The summed E-state index contributed by atoms with van der Waals surface area (Å²) in [6.45, 7) is 15.9. The summed E-state index contributed by atoms with van der Waals surface area (Å²) in [5.74, 6) is -0.753. The molecule has 0 bridgehead atoms. The molecule has 0 heterocycles. The lowest BCUT2D eigenvalue weighted by molar-refractivity contribution is -0.142. The van der Waals surface area contributed by atoms with Crippen molar-refractivity contribution in [2.75, 3.05) is 11.9 Å². The highest BCUT2D eigenvalue weighted by Gasteiger charge is 2.39. The maximum atomic E-state index is 14.8. The van der Waals surface area contributed by atoms with Gasteiger partial charge in [0.2, 0.25) is 5.91 Å². The van der Waals surface area contributed by atoms with Crippen LogP contribution in [0.2, 0.25) is 0 Å². The first kappa shape index (κ1) is 36.6. The number of amides is 3. The number of fused-ring (bicyclic) bond motifs is 1. The molecule has 7 heteroatoms. The van der Waals surface area contributed by atoms with E-state index in [4.69, 9.17) is 4.74 Å². The number of aryl methyl sites for hydroxylation is 2. The van der Waals surface area contributed by atoms with Crippen LogP contribution in [0.1, 0.15) is 109 Å². The smallest absolute Gasteiger partial charge is 0.408 e. The SMILES string of the molecule is CCCCCCCCN(C(=O)C(NC(=O)OC(C)(C)C)C(C)CC)C(C(=O)Nc1ccc2ccccc2c1)c1c(C)cccc1C. The number of ether oxygens (including phenoxy) is 1. The third kappa shape index (κ3) is 10.3. The summed E-state index contributed by atoms with van der Waals surface area (Å²) < 4.78 is 5.57. The zero-order valence-corrected chi connectivity index (χ0v) is 29.2. The molecular formula is C39H55N3O4. The second kappa shape index (κ2) is 17.2. The summed E-state index contributed by atoms with van der Waals surface area (Å²) in [6.07, 6.45) is 6.26. The number of anilines is 1. The van der Waals surface area contributed by atoms with E-state index in [0.717, 1.165) is 59.6 Å². The van der Waals surface area contributed by atoms with Gasteiger partial charge in [-0.05, 0) is 86.6 Å². The summed E-state index contributed by atoms with van der Waals surface area (Å²) in [6, 6.07) is 18.0. The number of nitrogens with zero attached hydrogens (tertiary/aromatic N) is 1. The Kier molecular flexibility index (Phi) is 13.7. The van der Waals surface area contributed by atoms with Crippen molar-refractivity contribution in [2.45, 2.75) is 118 Å². The summed E-state index contributed by atoms with van der Waals surface area (Å²) in [5, 5.41) is 8.13. The quantitative estimate of drug-likeness (QED) is 0.164. The van der Waals surface area contributed by atoms with E-state index in [9.17, 15) is 14.4 Å². The first-order chi connectivity index (χ1) is 21.9. The monoisotopic (exact) mass is 629 g/mol. The number of carbonyl (C=O) groups is 3. The fourth-order valence-electron chi connectivity index (χ4n) is 5.89. The molecule has 7 nitrogen and oxygen atoms in total. The Labute approximate surface area is 276 Å². The van der Waals surface area contributed by atoms with Crippen molar-refractivity contribution in [3.63, 3.8) is 0 Å². The number of benzene rings is 3. The van der Waals surface area contributed by atoms with Crippen LogP contribution in [-0.4, -0.2) is 41.0 Å². The Morgan fingerprint density at radius 3 is 2.09 bits per heavy atom. The largest absolute Gasteiger partial charge is 0.444 e. The molecule has 2 N–H and O–H groups in total. The first-order valence-corrected chi connectivity index (χ1v) is 17.0. The number of unbranched alkanes of at least 4 members (excludes halogenated alkanes) is 5. The van der Waals surface area contributed by atoms with Crippen LogP contribution in [-0.2, 0) is 14.3 Å². The van der Waals surface area contributed by atoms with Crippen molar-refractivity contribution >= 4 is 34.4 Å². The minimum Gasteiger partial charge on any atom is -0.444 e. The Morgan fingerprint density at radius 2 is 1.46 bits per heavy atom. The number of hydrogen-bond acceptors (Lipinski definition) is 4. The van der Waals surface area contributed by atoms with E-state index in [2.05, 4.69) is 17.6 Å². The molecule has 3 atom stereocenters. The lowest BCUT2D eigenvalue weighted by atomic mass is 9.91. The molecule has 0 saturated carbocycles. The van der Waals surface area contributed by atoms with Crippen molar-refractivity contribution in [3.8, 4) is 0 Å². The van der Waals surface area contributed by atoms with Gasteiger partial charge in [-0.25, -0.2) is 4.79 Å². The maximum absolute atomic E-state index is 14.8. The Morgan fingerprint density at radius 1 is 0.826 bits per heavy atom. The number of hydrogen-bond donors (Lipinski definition) is 2. The van der Waals surface area contributed by atoms with Crippen LogP contribution in [0.5, 0.6) is 0 Å². The molecule has 250 valence electrons. The number of nitrogens with one attached hydrogen (secondary N) is 2. The van der Waals surface area contributed by atoms with E-state index in [0.29, 0.717) is 18.7 Å². The fourth-order valence-corrected chi connectivity index (χ4v) is 5.89. The van der Waals surface area contributed by atoms with Crippen LogP contribution in [0.25, 0.3) is 10.8 Å². The molecule has 3 amide bonds. The second-order valence-electron chi connectivity index (χ2n) is 13.6. The lowest BCUT2D eigenvalue weighted by Gasteiger charge is -2.37. The topological polar surface area (TPSA) is 87.7 Å². The summed E-state index contributed by atoms with van der Waals surface area (Å²) in [7, 11) is 0. The second-order valence-corrected chi connectivity index (χ2v) is 13.6. The van der Waals surface area contributed by atoms with Gasteiger partial charge in [-0.15, -0.1) is 0 Å². The molecule has 0 fully saturated rings. The molecule has 0 spiro atoms. The molecule has 3 aromatic rings. The molecule has 0 saturated heterocycles. The van der Waals surface area contributed by atoms with Gasteiger partial charge in [0.25, 0.3) is 5.91 Å². The molecule has 3 aromatic carbocycles. The third-order valence-corrected chi connectivity index (χ3v) is 8.58. The van der Waals surface area contributed by atoms with E-state index < -0.39 is 23.8 Å². The van der Waals surface area contributed by atoms with Crippen LogP contribution in [0.4, 0.5) is 10.5 Å². The van der Waals surface area contributed by atoms with Crippen molar-refractivity contribution in [1.82, 2.24) is 10.2 Å². The number of rotatable bonds is 15. The van der Waals surface area contributed by atoms with Gasteiger partial charge in [0.05, 0.1) is 0 Å². The van der Waals surface area contributed by atoms with E-state index in [1.165, 1.54) is 6.42 Å². The van der Waals surface area contributed by atoms with Gasteiger partial charge in [-0.2, -0.15) is 0 Å². The molecule has 3 unspecified atom stereocenters. The van der Waals surface area contributed by atoms with E-state index in [1.807, 2.05) is 88.4 Å². The standard InChI is InChI=1S/C39H55N3O4/c1-9-11-12-13-14-17-25-42(37(44)34(27(3)10-2)41-38(45)46-39(6,7)8)35(33-28(4)19-18-20-29(33)5)36(43)40-32-24-23-30-21-15-16-22-31(30)26-32/h15-16,18-24,26-27,34-35H,9-14,17,25H2,1-8H3,(H,40,43)(H,41,45). The van der Waals surface area contributed by atoms with E-state index in [1.54, 1.807) is 25.7 Å². The zero-order chi connectivity index (χ0) is 33.9. The average molecular weight is 630 g/mol. The third-order valence-electron chi connectivity index (χ3n) is 8.58. The van der Waals surface area contributed by atoms with Crippen molar-refractivity contribution in [1.29, 1.82) is 0 Å². The van der Waals surface area contributed by atoms with Gasteiger partial charge in [0.1, 0.15) is 17.7 Å². The minimum absolute atomic E-state index is 0.186. The van der Waals surface area contributed by atoms with Crippen LogP contribution >= 0.6 is 0 Å². The molecular weight excluding hydrogens is 574 g/mol. The number of alkyl carbamates (subject to hydrolysis) is 1. The van der Waals surface area contributed by atoms with Crippen LogP contribution in [0.15, 0.2) is 60.7 Å². The molecule has 0 aliphatic carbocycles. The molecule has 0 radical (unpaired) electrons. The first-order valence-electron chi connectivity index (χ1n) is 17.0. The highest BCUT2D eigenvalue weighted by Crippen LogP contribution is 2.31. The highest BCUT2D eigenvalue weighted by atomic mass is 16.6. The van der Waals surface area contributed by atoms with Gasteiger partial charge < -0.3 is 20.3 Å². The predicted octanol–water partition coefficient (Wildman–Crippen LogP) is 9.26. The molecule has 0 aromatic heterocycles. The zero-order valence-electron chi connectivity index (χ0n) is 29.2. The van der Waals surface area contributed by atoms with Crippen molar-refractivity contribution in [3.05, 3.63) is 77.4 Å². The van der Waals surface area contributed by atoms with Gasteiger partial charge in [-0.3, -0.25) is 9.59 Å². The molecule has 3 rings (SSSR count). The van der Waals surface area contributed by atoms with Crippen LogP contribution < -0.4 is 10.6 Å². The maximum Gasteiger partial charge on any atom is 0.408 e. The normalized spacial score (nSPS) is 13.5. The van der Waals surface area contributed by atoms with Gasteiger partial charge >= 0.3 is 6.09 Å². The Hall–Kier alpha value is -3.87. The Bertz CT molecular complexity index is 1440. The summed E-state index contributed by atoms with van der Waals surface area (Å²) >= 11 is 0. The Balaban J connectivity index is 2.08.